The Balaban J connectivity index is 1.82. The Kier molecular flexibility index (Phi) is 7.27. The minimum atomic E-state index is -0.290. The number of hydrogen-bond donors (Lipinski definition) is 0. The molecular formula is C24H36FNO4. The van der Waals surface area contributed by atoms with Gasteiger partial charge in [-0.15, -0.1) is 0 Å². The van der Waals surface area contributed by atoms with Crippen LogP contribution < -0.4 is 9.47 Å². The molecule has 1 fully saturated rings. The molecule has 1 aromatic carbocycles. The largest absolute Gasteiger partial charge is 0.493 e. The molecule has 168 valence electrons. The number of rotatable bonds is 8. The van der Waals surface area contributed by atoms with E-state index >= 15 is 0 Å². The van der Waals surface area contributed by atoms with Crippen molar-refractivity contribution < 1.29 is 23.4 Å². The summed E-state index contributed by atoms with van der Waals surface area (Å²) in [6, 6.07) is 4.37. The van der Waals surface area contributed by atoms with Gasteiger partial charge in [0.2, 0.25) is 0 Å². The lowest BCUT2D eigenvalue weighted by molar-refractivity contribution is -0.154. The van der Waals surface area contributed by atoms with Gasteiger partial charge in [0, 0.05) is 38.4 Å². The monoisotopic (exact) mass is 421 g/mol. The molecule has 5 nitrogen and oxygen atoms in total. The minimum absolute atomic E-state index is 0.0369. The van der Waals surface area contributed by atoms with Crippen molar-refractivity contribution in [3.05, 3.63) is 23.3 Å². The first-order valence-corrected chi connectivity index (χ1v) is 11.0. The third kappa shape index (κ3) is 5.08. The Hall–Kier alpha value is -1.82. The summed E-state index contributed by atoms with van der Waals surface area (Å²) in [5, 5.41) is 0. The minimum Gasteiger partial charge on any atom is -0.493 e. The van der Waals surface area contributed by atoms with Crippen LogP contribution in [-0.2, 0) is 16.0 Å². The molecule has 0 amide bonds. The van der Waals surface area contributed by atoms with Crippen LogP contribution in [0.5, 0.6) is 11.5 Å². The lowest BCUT2D eigenvalue weighted by Crippen LogP contribution is -2.49. The van der Waals surface area contributed by atoms with E-state index in [9.17, 15) is 9.18 Å². The SMILES string of the molecule is COc1cc2c(cc1OC)[C@H]1C[C@@H](OC(C)=O)[C@H](CCC(C)(C)CCF)CN1CC2. The lowest BCUT2D eigenvalue weighted by Gasteiger charge is -2.47. The number of piperidine rings is 1. The first-order chi connectivity index (χ1) is 14.3. The zero-order chi connectivity index (χ0) is 21.9. The Morgan fingerprint density at radius 3 is 2.53 bits per heavy atom. The molecule has 0 unspecified atom stereocenters. The molecule has 30 heavy (non-hydrogen) atoms. The molecule has 3 atom stereocenters. The summed E-state index contributed by atoms with van der Waals surface area (Å²) in [5.41, 5.74) is 2.48. The van der Waals surface area contributed by atoms with E-state index in [0.717, 1.165) is 50.3 Å². The van der Waals surface area contributed by atoms with Crippen LogP contribution in [0.4, 0.5) is 4.39 Å². The van der Waals surface area contributed by atoms with Gasteiger partial charge in [-0.05, 0) is 54.4 Å². The van der Waals surface area contributed by atoms with E-state index < -0.39 is 0 Å². The fraction of sp³-hybridized carbons (Fsp3) is 0.708. The summed E-state index contributed by atoms with van der Waals surface area (Å²) in [6.45, 7) is 7.30. The van der Waals surface area contributed by atoms with Crippen molar-refractivity contribution in [2.24, 2.45) is 11.3 Å². The number of esters is 1. The van der Waals surface area contributed by atoms with Gasteiger partial charge in [0.15, 0.2) is 11.5 Å². The van der Waals surface area contributed by atoms with Gasteiger partial charge in [-0.1, -0.05) is 13.8 Å². The molecule has 1 saturated heterocycles. The van der Waals surface area contributed by atoms with E-state index in [1.165, 1.54) is 18.1 Å². The summed E-state index contributed by atoms with van der Waals surface area (Å²) < 4.78 is 29.7. The molecule has 0 saturated carbocycles. The van der Waals surface area contributed by atoms with Gasteiger partial charge < -0.3 is 14.2 Å². The van der Waals surface area contributed by atoms with Gasteiger partial charge >= 0.3 is 5.97 Å². The fourth-order valence-corrected chi connectivity index (χ4v) is 5.00. The normalized spacial score (nSPS) is 24.0. The molecule has 3 rings (SSSR count). The van der Waals surface area contributed by atoms with Gasteiger partial charge in [-0.3, -0.25) is 14.1 Å². The van der Waals surface area contributed by atoms with E-state index in [-0.39, 0.29) is 36.1 Å². The van der Waals surface area contributed by atoms with Crippen molar-refractivity contribution in [2.75, 3.05) is 34.0 Å². The highest BCUT2D eigenvalue weighted by Crippen LogP contribution is 2.44. The van der Waals surface area contributed by atoms with E-state index in [1.54, 1.807) is 14.2 Å². The number of benzene rings is 1. The number of nitrogens with zero attached hydrogens (tertiary/aromatic N) is 1. The van der Waals surface area contributed by atoms with Gasteiger partial charge in [0.05, 0.1) is 20.9 Å². The summed E-state index contributed by atoms with van der Waals surface area (Å²) in [4.78, 5) is 14.3. The standard InChI is InChI=1S/C24H36FNO4/c1-16(27)30-21-14-20-19-13-23(29-5)22(28-4)12-17(19)7-11-26(20)15-18(21)6-8-24(2,3)9-10-25/h12-13,18,20-21H,6-11,14-15H2,1-5H3/t18-,20-,21-/m1/s1. The summed E-state index contributed by atoms with van der Waals surface area (Å²) >= 11 is 0. The van der Waals surface area contributed by atoms with Crippen LogP contribution in [0.3, 0.4) is 0 Å². The van der Waals surface area contributed by atoms with Crippen molar-refractivity contribution in [3.8, 4) is 11.5 Å². The number of halogens is 1. The summed E-state index contributed by atoms with van der Waals surface area (Å²) in [7, 11) is 3.31. The Morgan fingerprint density at radius 2 is 1.90 bits per heavy atom. The zero-order valence-corrected chi connectivity index (χ0v) is 19.0. The van der Waals surface area contributed by atoms with Gasteiger partial charge in [-0.25, -0.2) is 0 Å². The number of alkyl halides is 1. The topological polar surface area (TPSA) is 48.0 Å². The molecule has 6 heteroatoms. The number of carbonyl (C=O) groups excluding carboxylic acids is 1. The van der Waals surface area contributed by atoms with Crippen molar-refractivity contribution in [3.63, 3.8) is 0 Å². The van der Waals surface area contributed by atoms with Crippen molar-refractivity contribution >= 4 is 5.97 Å². The number of ether oxygens (including phenoxy) is 3. The van der Waals surface area contributed by atoms with Crippen molar-refractivity contribution in [2.45, 2.75) is 65.0 Å². The molecule has 0 bridgehead atoms. The van der Waals surface area contributed by atoms with Crippen LogP contribution in [0.1, 0.15) is 63.6 Å². The van der Waals surface area contributed by atoms with Gasteiger partial charge in [-0.2, -0.15) is 0 Å². The number of hydrogen-bond acceptors (Lipinski definition) is 5. The fourth-order valence-electron chi connectivity index (χ4n) is 5.00. The first kappa shape index (κ1) is 22.9. The number of methoxy groups -OCH3 is 2. The maximum atomic E-state index is 12.9. The summed E-state index contributed by atoms with van der Waals surface area (Å²) in [6.07, 6.45) is 4.05. The Labute approximate surface area is 179 Å². The predicted molar refractivity (Wildman–Crippen MR) is 115 cm³/mol. The van der Waals surface area contributed by atoms with Crippen LogP contribution in [0.15, 0.2) is 12.1 Å². The molecule has 2 heterocycles. The van der Waals surface area contributed by atoms with E-state index in [2.05, 4.69) is 30.9 Å². The second-order valence-corrected chi connectivity index (χ2v) is 9.45. The third-order valence-electron chi connectivity index (χ3n) is 6.84. The quantitative estimate of drug-likeness (QED) is 0.569. The second kappa shape index (κ2) is 9.54. The lowest BCUT2D eigenvalue weighted by atomic mass is 9.76. The highest BCUT2D eigenvalue weighted by Gasteiger charge is 2.41. The highest BCUT2D eigenvalue weighted by atomic mass is 19.1. The Morgan fingerprint density at radius 1 is 1.20 bits per heavy atom. The Bertz CT molecular complexity index is 751. The number of carbonyl (C=O) groups is 1. The van der Waals surface area contributed by atoms with Crippen LogP contribution in [0.2, 0.25) is 0 Å². The molecule has 0 aliphatic carbocycles. The first-order valence-electron chi connectivity index (χ1n) is 11.0. The van der Waals surface area contributed by atoms with Gasteiger partial charge in [0.25, 0.3) is 0 Å². The van der Waals surface area contributed by atoms with Crippen LogP contribution in [0, 0.1) is 11.3 Å². The van der Waals surface area contributed by atoms with E-state index in [4.69, 9.17) is 14.2 Å². The van der Waals surface area contributed by atoms with Crippen LogP contribution in [-0.4, -0.2) is 51.0 Å². The zero-order valence-electron chi connectivity index (χ0n) is 19.0. The number of fused-ring (bicyclic) bond motifs is 3. The van der Waals surface area contributed by atoms with Crippen molar-refractivity contribution in [1.29, 1.82) is 0 Å². The smallest absolute Gasteiger partial charge is 0.302 e. The predicted octanol–water partition coefficient (Wildman–Crippen LogP) is 4.72. The highest BCUT2D eigenvalue weighted by molar-refractivity contribution is 5.66. The van der Waals surface area contributed by atoms with Crippen LogP contribution in [0.25, 0.3) is 0 Å². The van der Waals surface area contributed by atoms with Crippen molar-refractivity contribution in [1.82, 2.24) is 4.90 Å². The van der Waals surface area contributed by atoms with Crippen LogP contribution >= 0.6 is 0 Å². The molecule has 2 aliphatic rings. The third-order valence-corrected chi connectivity index (χ3v) is 6.84. The summed E-state index contributed by atoms with van der Waals surface area (Å²) in [5.74, 6) is 1.53. The maximum absolute atomic E-state index is 12.9. The second-order valence-electron chi connectivity index (χ2n) is 9.45. The van der Waals surface area contributed by atoms with E-state index in [0.29, 0.717) is 6.42 Å². The van der Waals surface area contributed by atoms with Gasteiger partial charge in [0.1, 0.15) is 6.10 Å². The maximum Gasteiger partial charge on any atom is 0.302 e. The van der Waals surface area contributed by atoms with E-state index in [1.807, 2.05) is 0 Å². The molecule has 2 aliphatic heterocycles. The molecular weight excluding hydrogens is 385 g/mol. The molecule has 1 aromatic rings. The molecule has 0 spiro atoms. The molecule has 0 radical (unpaired) electrons. The molecule has 0 N–H and O–H groups in total. The molecule has 0 aromatic heterocycles. The average molecular weight is 422 g/mol. The average Bonchev–Trinajstić information content (AvgIpc) is 2.70.